The second-order valence-corrected chi connectivity index (χ2v) is 6.12. The SMILES string of the molecule is Oc1c(C(NN2CCCC2)c2ccncc2)ccc2cccnc12. The number of hydrazine groups is 1. The number of nitrogens with zero attached hydrogens (tertiary/aromatic N) is 3. The van der Waals surface area contributed by atoms with Crippen LogP contribution < -0.4 is 5.43 Å². The summed E-state index contributed by atoms with van der Waals surface area (Å²) < 4.78 is 0. The molecule has 2 aromatic heterocycles. The van der Waals surface area contributed by atoms with Gasteiger partial charge in [0.25, 0.3) is 0 Å². The van der Waals surface area contributed by atoms with Crippen molar-refractivity contribution in [2.75, 3.05) is 13.1 Å². The molecule has 3 aromatic rings. The van der Waals surface area contributed by atoms with E-state index in [0.29, 0.717) is 5.52 Å². The summed E-state index contributed by atoms with van der Waals surface area (Å²) >= 11 is 0. The smallest absolute Gasteiger partial charge is 0.146 e. The number of rotatable bonds is 4. The Kier molecular flexibility index (Phi) is 4.11. The summed E-state index contributed by atoms with van der Waals surface area (Å²) in [5, 5.41) is 14.0. The molecular formula is C19H20N4O. The fraction of sp³-hybridized carbons (Fsp3) is 0.263. The lowest BCUT2D eigenvalue weighted by molar-refractivity contribution is 0.210. The van der Waals surface area contributed by atoms with Crippen LogP contribution in [0.1, 0.15) is 30.0 Å². The molecule has 122 valence electrons. The van der Waals surface area contributed by atoms with Gasteiger partial charge in [0.15, 0.2) is 0 Å². The second kappa shape index (κ2) is 6.55. The third-order valence-electron chi connectivity index (χ3n) is 4.55. The topological polar surface area (TPSA) is 61.3 Å². The van der Waals surface area contributed by atoms with Crippen LogP contribution in [0.25, 0.3) is 10.9 Å². The Hall–Kier alpha value is -2.50. The van der Waals surface area contributed by atoms with Crippen molar-refractivity contribution in [3.63, 3.8) is 0 Å². The fourth-order valence-corrected chi connectivity index (χ4v) is 3.29. The molecule has 0 amide bonds. The van der Waals surface area contributed by atoms with Crippen LogP contribution in [0.3, 0.4) is 0 Å². The minimum absolute atomic E-state index is 0.127. The zero-order chi connectivity index (χ0) is 16.4. The van der Waals surface area contributed by atoms with Crippen LogP contribution in [0, 0.1) is 0 Å². The molecule has 0 radical (unpaired) electrons. The van der Waals surface area contributed by atoms with Gasteiger partial charge in [0.2, 0.25) is 0 Å². The molecule has 1 atom stereocenters. The molecular weight excluding hydrogens is 300 g/mol. The van der Waals surface area contributed by atoms with E-state index in [4.69, 9.17) is 0 Å². The number of pyridine rings is 2. The molecule has 4 rings (SSSR count). The number of fused-ring (bicyclic) bond motifs is 1. The van der Waals surface area contributed by atoms with Crippen LogP contribution in [-0.4, -0.2) is 33.2 Å². The van der Waals surface area contributed by atoms with Gasteiger partial charge in [-0.2, -0.15) is 0 Å². The molecule has 0 spiro atoms. The first kappa shape index (κ1) is 15.1. The Morgan fingerprint density at radius 2 is 1.79 bits per heavy atom. The fourth-order valence-electron chi connectivity index (χ4n) is 3.29. The first-order chi connectivity index (χ1) is 11.8. The largest absolute Gasteiger partial charge is 0.505 e. The van der Waals surface area contributed by atoms with E-state index in [1.165, 1.54) is 12.8 Å². The number of phenolic OH excluding ortho intramolecular Hbond substituents is 1. The number of hydrogen-bond acceptors (Lipinski definition) is 5. The standard InChI is InChI=1S/C19H20N4O/c24-19-16(6-5-14-4-3-9-21-18(14)19)17(15-7-10-20-11-8-15)22-23-12-1-2-13-23/h3-11,17,22,24H,1-2,12-13H2. The summed E-state index contributed by atoms with van der Waals surface area (Å²) in [6.45, 7) is 2.04. The molecule has 0 aliphatic carbocycles. The van der Waals surface area contributed by atoms with Gasteiger partial charge in [-0.3, -0.25) is 9.97 Å². The summed E-state index contributed by atoms with van der Waals surface area (Å²) in [4.78, 5) is 8.45. The van der Waals surface area contributed by atoms with Gasteiger partial charge in [0.1, 0.15) is 11.3 Å². The number of nitrogens with one attached hydrogen (secondary N) is 1. The van der Waals surface area contributed by atoms with Crippen molar-refractivity contribution in [3.05, 3.63) is 66.1 Å². The first-order valence-electron chi connectivity index (χ1n) is 8.30. The predicted octanol–water partition coefficient (Wildman–Crippen LogP) is 3.03. The minimum atomic E-state index is -0.127. The van der Waals surface area contributed by atoms with Crippen molar-refractivity contribution in [1.82, 2.24) is 20.4 Å². The van der Waals surface area contributed by atoms with Gasteiger partial charge in [0.05, 0.1) is 6.04 Å². The van der Waals surface area contributed by atoms with Gasteiger partial charge in [-0.25, -0.2) is 10.4 Å². The molecule has 0 bridgehead atoms. The highest BCUT2D eigenvalue weighted by Gasteiger charge is 2.23. The molecule has 5 nitrogen and oxygen atoms in total. The van der Waals surface area contributed by atoms with Gasteiger partial charge in [0, 0.05) is 42.6 Å². The summed E-state index contributed by atoms with van der Waals surface area (Å²) in [7, 11) is 0. The third kappa shape index (κ3) is 2.84. The average Bonchev–Trinajstić information content (AvgIpc) is 3.15. The van der Waals surface area contributed by atoms with E-state index in [-0.39, 0.29) is 11.8 Å². The predicted molar refractivity (Wildman–Crippen MR) is 93.4 cm³/mol. The molecule has 1 aliphatic rings. The minimum Gasteiger partial charge on any atom is -0.505 e. The summed E-state index contributed by atoms with van der Waals surface area (Å²) in [6.07, 6.45) is 7.67. The van der Waals surface area contributed by atoms with Gasteiger partial charge < -0.3 is 5.11 Å². The summed E-state index contributed by atoms with van der Waals surface area (Å²) in [5.41, 5.74) is 6.11. The first-order valence-corrected chi connectivity index (χ1v) is 8.30. The number of benzene rings is 1. The van der Waals surface area contributed by atoms with Crippen LogP contribution in [0.2, 0.25) is 0 Å². The van der Waals surface area contributed by atoms with Gasteiger partial charge >= 0.3 is 0 Å². The van der Waals surface area contributed by atoms with E-state index in [0.717, 1.165) is 29.6 Å². The van der Waals surface area contributed by atoms with Crippen LogP contribution in [0.4, 0.5) is 0 Å². The molecule has 24 heavy (non-hydrogen) atoms. The monoisotopic (exact) mass is 320 g/mol. The summed E-state index contributed by atoms with van der Waals surface area (Å²) in [6, 6.07) is 11.7. The normalized spacial score (nSPS) is 16.5. The maximum absolute atomic E-state index is 10.8. The Morgan fingerprint density at radius 1 is 1.00 bits per heavy atom. The highest BCUT2D eigenvalue weighted by Crippen LogP contribution is 2.34. The van der Waals surface area contributed by atoms with E-state index in [2.05, 4.69) is 20.4 Å². The molecule has 1 unspecified atom stereocenters. The van der Waals surface area contributed by atoms with Gasteiger partial charge in [-0.1, -0.05) is 18.2 Å². The van der Waals surface area contributed by atoms with Gasteiger partial charge in [-0.15, -0.1) is 0 Å². The Balaban J connectivity index is 1.79. The van der Waals surface area contributed by atoms with Crippen molar-refractivity contribution >= 4 is 10.9 Å². The van der Waals surface area contributed by atoms with Gasteiger partial charge in [-0.05, 0) is 36.6 Å². The van der Waals surface area contributed by atoms with Crippen LogP contribution >= 0.6 is 0 Å². The average molecular weight is 320 g/mol. The zero-order valence-electron chi connectivity index (χ0n) is 13.4. The van der Waals surface area contributed by atoms with Crippen molar-refractivity contribution in [2.24, 2.45) is 0 Å². The van der Waals surface area contributed by atoms with E-state index in [1.807, 2.05) is 36.4 Å². The quantitative estimate of drug-likeness (QED) is 0.774. The number of aromatic hydroxyl groups is 1. The highest BCUT2D eigenvalue weighted by atomic mass is 16.3. The van der Waals surface area contributed by atoms with E-state index in [9.17, 15) is 5.11 Å². The third-order valence-corrected chi connectivity index (χ3v) is 4.55. The molecule has 1 fully saturated rings. The van der Waals surface area contributed by atoms with Crippen molar-refractivity contribution in [3.8, 4) is 5.75 Å². The molecule has 1 aliphatic heterocycles. The zero-order valence-corrected chi connectivity index (χ0v) is 13.4. The Bertz CT molecular complexity index is 831. The van der Waals surface area contributed by atoms with Crippen LogP contribution in [0.15, 0.2) is 55.0 Å². The van der Waals surface area contributed by atoms with Crippen molar-refractivity contribution in [2.45, 2.75) is 18.9 Å². The van der Waals surface area contributed by atoms with Crippen molar-refractivity contribution < 1.29 is 5.11 Å². The number of hydrogen-bond donors (Lipinski definition) is 2. The maximum atomic E-state index is 10.8. The van der Waals surface area contributed by atoms with Crippen molar-refractivity contribution in [1.29, 1.82) is 0 Å². The highest BCUT2D eigenvalue weighted by molar-refractivity contribution is 5.85. The van der Waals surface area contributed by atoms with Crippen LogP contribution in [0.5, 0.6) is 5.75 Å². The summed E-state index contributed by atoms with van der Waals surface area (Å²) in [5.74, 6) is 0.238. The molecule has 1 aromatic carbocycles. The lowest BCUT2D eigenvalue weighted by Gasteiger charge is -2.27. The molecule has 5 heteroatoms. The molecule has 2 N–H and O–H groups in total. The van der Waals surface area contributed by atoms with E-state index in [1.54, 1.807) is 18.6 Å². The lowest BCUT2D eigenvalue weighted by atomic mass is 9.97. The number of phenols is 1. The van der Waals surface area contributed by atoms with E-state index < -0.39 is 0 Å². The lowest BCUT2D eigenvalue weighted by Crippen LogP contribution is -2.38. The number of aromatic nitrogens is 2. The molecule has 1 saturated heterocycles. The maximum Gasteiger partial charge on any atom is 0.146 e. The molecule has 3 heterocycles. The molecule has 0 saturated carbocycles. The second-order valence-electron chi connectivity index (χ2n) is 6.12. The Labute approximate surface area is 141 Å². The van der Waals surface area contributed by atoms with E-state index >= 15 is 0 Å². The van der Waals surface area contributed by atoms with Crippen LogP contribution in [-0.2, 0) is 0 Å². The Morgan fingerprint density at radius 3 is 2.58 bits per heavy atom.